The van der Waals surface area contributed by atoms with Crippen LogP contribution in [-0.4, -0.2) is 5.91 Å². The number of hydrogen-bond donors (Lipinski definition) is 1. The second-order valence-electron chi connectivity index (χ2n) is 3.29. The summed E-state index contributed by atoms with van der Waals surface area (Å²) >= 11 is 2.15. The summed E-state index contributed by atoms with van der Waals surface area (Å²) in [6.07, 6.45) is 3.21. The third-order valence-electron chi connectivity index (χ3n) is 2.15. The number of hydrogen-bond acceptors (Lipinski definition) is 2. The van der Waals surface area contributed by atoms with Crippen molar-refractivity contribution in [2.75, 3.05) is 0 Å². The van der Waals surface area contributed by atoms with Gasteiger partial charge in [0.1, 0.15) is 0 Å². The van der Waals surface area contributed by atoms with E-state index in [2.05, 4.69) is 27.9 Å². The molecule has 1 amide bonds. The van der Waals surface area contributed by atoms with Gasteiger partial charge in [0.25, 0.3) is 5.91 Å². The van der Waals surface area contributed by atoms with Gasteiger partial charge in [-0.15, -0.1) is 0 Å². The monoisotopic (exact) mass is 327 g/mol. The van der Waals surface area contributed by atoms with E-state index in [0.717, 1.165) is 9.13 Å². The van der Waals surface area contributed by atoms with Crippen molar-refractivity contribution in [3.05, 3.63) is 57.6 Å². The van der Waals surface area contributed by atoms with Crippen molar-refractivity contribution in [2.45, 2.75) is 6.54 Å². The Hall–Kier alpha value is -1.30. The van der Waals surface area contributed by atoms with E-state index in [1.54, 1.807) is 12.5 Å². The first-order valence-electron chi connectivity index (χ1n) is 4.81. The Morgan fingerprint density at radius 2 is 2.12 bits per heavy atom. The molecule has 4 heteroatoms. The predicted molar refractivity (Wildman–Crippen MR) is 69.0 cm³/mol. The average Bonchev–Trinajstić information content (AvgIpc) is 2.79. The highest BCUT2D eigenvalue weighted by molar-refractivity contribution is 14.1. The van der Waals surface area contributed by atoms with Gasteiger partial charge in [-0.1, -0.05) is 12.1 Å². The molecule has 1 aromatic heterocycles. The topological polar surface area (TPSA) is 42.2 Å². The number of benzene rings is 1. The van der Waals surface area contributed by atoms with Gasteiger partial charge in [0.2, 0.25) is 0 Å². The highest BCUT2D eigenvalue weighted by Gasteiger charge is 2.08. The van der Waals surface area contributed by atoms with Gasteiger partial charge in [0, 0.05) is 15.7 Å². The number of nitrogens with one attached hydrogen (secondary N) is 1. The van der Waals surface area contributed by atoms with E-state index in [1.165, 1.54) is 0 Å². The first kappa shape index (κ1) is 11.2. The molecule has 2 rings (SSSR count). The van der Waals surface area contributed by atoms with Crippen molar-refractivity contribution < 1.29 is 9.21 Å². The lowest BCUT2D eigenvalue weighted by atomic mass is 10.2. The lowest BCUT2D eigenvalue weighted by Crippen LogP contribution is -2.23. The van der Waals surface area contributed by atoms with Crippen LogP contribution in [0.5, 0.6) is 0 Å². The van der Waals surface area contributed by atoms with Crippen molar-refractivity contribution in [1.29, 1.82) is 0 Å². The molecule has 1 aromatic carbocycles. The molecule has 0 spiro atoms. The lowest BCUT2D eigenvalue weighted by Gasteiger charge is -2.05. The summed E-state index contributed by atoms with van der Waals surface area (Å²) in [7, 11) is 0. The molecule has 0 bridgehead atoms. The summed E-state index contributed by atoms with van der Waals surface area (Å²) in [5.41, 5.74) is 1.66. The Labute approximate surface area is 107 Å². The second kappa shape index (κ2) is 5.16. The van der Waals surface area contributed by atoms with Crippen LogP contribution in [0.25, 0.3) is 0 Å². The minimum Gasteiger partial charge on any atom is -0.472 e. The van der Waals surface area contributed by atoms with Gasteiger partial charge in [-0.2, -0.15) is 0 Å². The lowest BCUT2D eigenvalue weighted by molar-refractivity contribution is 0.0950. The molecule has 0 aliphatic heterocycles. The van der Waals surface area contributed by atoms with Crippen molar-refractivity contribution in [2.24, 2.45) is 0 Å². The van der Waals surface area contributed by atoms with Crippen LogP contribution in [0.1, 0.15) is 15.9 Å². The molecule has 16 heavy (non-hydrogen) atoms. The SMILES string of the molecule is O=C(NCc1ccoc1)c1ccccc1I. The van der Waals surface area contributed by atoms with E-state index in [0.29, 0.717) is 12.1 Å². The van der Waals surface area contributed by atoms with Crippen LogP contribution in [0.4, 0.5) is 0 Å². The first-order chi connectivity index (χ1) is 7.77. The number of furan rings is 1. The molecular weight excluding hydrogens is 317 g/mol. The van der Waals surface area contributed by atoms with Crippen molar-refractivity contribution in [3.63, 3.8) is 0 Å². The fourth-order valence-corrected chi connectivity index (χ4v) is 1.95. The molecule has 0 unspecified atom stereocenters. The highest BCUT2D eigenvalue weighted by atomic mass is 127. The molecular formula is C12H10INO2. The summed E-state index contributed by atoms with van der Waals surface area (Å²) < 4.78 is 5.87. The van der Waals surface area contributed by atoms with Gasteiger partial charge in [-0.05, 0) is 40.8 Å². The predicted octanol–water partition coefficient (Wildman–Crippen LogP) is 2.81. The van der Waals surface area contributed by atoms with Crippen molar-refractivity contribution in [3.8, 4) is 0 Å². The van der Waals surface area contributed by atoms with E-state index < -0.39 is 0 Å². The van der Waals surface area contributed by atoms with Gasteiger partial charge in [-0.3, -0.25) is 4.79 Å². The minimum atomic E-state index is -0.0637. The Balaban J connectivity index is 2.01. The van der Waals surface area contributed by atoms with Crippen LogP contribution >= 0.6 is 22.6 Å². The maximum atomic E-state index is 11.8. The standard InChI is InChI=1S/C12H10INO2/c13-11-4-2-1-3-10(11)12(15)14-7-9-5-6-16-8-9/h1-6,8H,7H2,(H,14,15). The molecule has 0 aliphatic carbocycles. The van der Waals surface area contributed by atoms with Crippen LogP contribution in [0.15, 0.2) is 47.3 Å². The molecule has 3 nitrogen and oxygen atoms in total. The molecule has 1 heterocycles. The second-order valence-corrected chi connectivity index (χ2v) is 4.46. The third kappa shape index (κ3) is 2.63. The summed E-state index contributed by atoms with van der Waals surface area (Å²) in [6, 6.07) is 9.32. The molecule has 1 N–H and O–H groups in total. The smallest absolute Gasteiger partial charge is 0.252 e. The largest absolute Gasteiger partial charge is 0.472 e. The van der Waals surface area contributed by atoms with Gasteiger partial charge in [0.15, 0.2) is 0 Å². The van der Waals surface area contributed by atoms with Crippen LogP contribution < -0.4 is 5.32 Å². The molecule has 0 aliphatic rings. The maximum absolute atomic E-state index is 11.8. The Bertz CT molecular complexity index is 480. The summed E-state index contributed by atoms with van der Waals surface area (Å²) in [5.74, 6) is -0.0637. The van der Waals surface area contributed by atoms with Crippen LogP contribution in [0.3, 0.4) is 0 Å². The summed E-state index contributed by atoms with van der Waals surface area (Å²) in [6.45, 7) is 0.486. The van der Waals surface area contributed by atoms with Crippen LogP contribution in [0, 0.1) is 3.57 Å². The van der Waals surface area contributed by atoms with E-state index in [1.807, 2.05) is 30.3 Å². The maximum Gasteiger partial charge on any atom is 0.252 e. The Kier molecular flexibility index (Phi) is 3.61. The first-order valence-corrected chi connectivity index (χ1v) is 5.89. The summed E-state index contributed by atoms with van der Waals surface area (Å²) in [4.78, 5) is 11.8. The molecule has 0 atom stereocenters. The third-order valence-corrected chi connectivity index (χ3v) is 3.09. The van der Waals surface area contributed by atoms with E-state index in [9.17, 15) is 4.79 Å². The van der Waals surface area contributed by atoms with Gasteiger partial charge in [-0.25, -0.2) is 0 Å². The zero-order valence-corrected chi connectivity index (χ0v) is 10.6. The van der Waals surface area contributed by atoms with Crippen molar-refractivity contribution in [1.82, 2.24) is 5.32 Å². The molecule has 0 saturated heterocycles. The molecule has 2 aromatic rings. The van der Waals surface area contributed by atoms with Crippen LogP contribution in [-0.2, 0) is 6.54 Å². The van der Waals surface area contributed by atoms with Gasteiger partial charge < -0.3 is 9.73 Å². The summed E-state index contributed by atoms with van der Waals surface area (Å²) in [5, 5.41) is 2.84. The van der Waals surface area contributed by atoms with E-state index in [4.69, 9.17) is 4.42 Å². The fraction of sp³-hybridized carbons (Fsp3) is 0.0833. The van der Waals surface area contributed by atoms with E-state index in [-0.39, 0.29) is 5.91 Å². The minimum absolute atomic E-state index is 0.0637. The highest BCUT2D eigenvalue weighted by Crippen LogP contribution is 2.11. The number of halogens is 1. The number of rotatable bonds is 3. The molecule has 0 saturated carbocycles. The number of carbonyl (C=O) groups excluding carboxylic acids is 1. The molecule has 82 valence electrons. The van der Waals surface area contributed by atoms with Crippen LogP contribution in [0.2, 0.25) is 0 Å². The Morgan fingerprint density at radius 3 is 2.81 bits per heavy atom. The van der Waals surface area contributed by atoms with Gasteiger partial charge in [0.05, 0.1) is 18.1 Å². The number of carbonyl (C=O) groups is 1. The van der Waals surface area contributed by atoms with Gasteiger partial charge >= 0.3 is 0 Å². The average molecular weight is 327 g/mol. The molecule has 0 radical (unpaired) electrons. The van der Waals surface area contributed by atoms with E-state index >= 15 is 0 Å². The molecule has 0 fully saturated rings. The Morgan fingerprint density at radius 1 is 1.31 bits per heavy atom. The quantitative estimate of drug-likeness (QED) is 0.881. The number of amides is 1. The van der Waals surface area contributed by atoms with Crippen molar-refractivity contribution >= 4 is 28.5 Å². The normalized spacial score (nSPS) is 10.1. The zero-order chi connectivity index (χ0) is 11.4. The zero-order valence-electron chi connectivity index (χ0n) is 8.44. The fourth-order valence-electron chi connectivity index (χ4n) is 1.32.